The summed E-state index contributed by atoms with van der Waals surface area (Å²) in [5.74, 6) is -0.131. The van der Waals surface area contributed by atoms with E-state index in [-0.39, 0.29) is 35.8 Å². The van der Waals surface area contributed by atoms with Crippen LogP contribution < -0.4 is 5.32 Å². The van der Waals surface area contributed by atoms with Gasteiger partial charge in [0, 0.05) is 43.2 Å². The summed E-state index contributed by atoms with van der Waals surface area (Å²) in [6, 6.07) is 8.04. The second-order valence-electron chi connectivity index (χ2n) is 8.51. The van der Waals surface area contributed by atoms with Crippen LogP contribution in [-0.4, -0.2) is 73.5 Å². The van der Waals surface area contributed by atoms with Crippen molar-refractivity contribution in [3.63, 3.8) is 0 Å². The van der Waals surface area contributed by atoms with E-state index in [1.807, 2.05) is 43.1 Å². The van der Waals surface area contributed by atoms with Gasteiger partial charge in [-0.05, 0) is 51.8 Å². The van der Waals surface area contributed by atoms with Crippen LogP contribution in [0.1, 0.15) is 48.0 Å². The molecule has 2 atom stereocenters. The number of hydrogen-bond donors (Lipinski definition) is 1. The standard InChI is InChI=1S/C23H33N3O4/c1-16-4-6-18(7-5-16)23(29)26-12-10-17(11-13-26)22(28)24-15-20-9-8-19(25(20)2)14-21(27)30-3/h4-7,17,19-20H,8-15H2,1-3H3,(H,24,28)/t19-,20+/m1/s1. The molecule has 2 aliphatic heterocycles. The number of rotatable bonds is 6. The number of ether oxygens (including phenoxy) is 1. The minimum Gasteiger partial charge on any atom is -0.469 e. The number of amides is 2. The van der Waals surface area contributed by atoms with E-state index in [0.717, 1.165) is 18.4 Å². The van der Waals surface area contributed by atoms with Crippen LogP contribution in [0.5, 0.6) is 0 Å². The average molecular weight is 416 g/mol. The van der Waals surface area contributed by atoms with Gasteiger partial charge in [-0.2, -0.15) is 0 Å². The third-order valence-electron chi connectivity index (χ3n) is 6.58. The second kappa shape index (κ2) is 10.1. The maximum absolute atomic E-state index is 12.6. The zero-order valence-corrected chi connectivity index (χ0v) is 18.2. The van der Waals surface area contributed by atoms with Crippen LogP contribution in [0.15, 0.2) is 24.3 Å². The molecule has 1 N–H and O–H groups in total. The second-order valence-corrected chi connectivity index (χ2v) is 8.51. The molecular formula is C23H33N3O4. The monoisotopic (exact) mass is 415 g/mol. The number of likely N-dealkylation sites (N-methyl/N-ethyl adjacent to an activating group) is 1. The Morgan fingerprint density at radius 3 is 2.30 bits per heavy atom. The number of likely N-dealkylation sites (tertiary alicyclic amines) is 2. The van der Waals surface area contributed by atoms with Crippen LogP contribution in [0.25, 0.3) is 0 Å². The number of aryl methyl sites for hydroxylation is 1. The molecule has 2 amide bonds. The molecule has 0 unspecified atom stereocenters. The normalized spacial score (nSPS) is 22.7. The molecule has 0 radical (unpaired) electrons. The molecule has 7 heteroatoms. The SMILES string of the molecule is COC(=O)C[C@H]1CC[C@@H](CNC(=O)C2CCN(C(=O)c3ccc(C)cc3)CC2)N1C. The topological polar surface area (TPSA) is 79.0 Å². The highest BCUT2D eigenvalue weighted by atomic mass is 16.5. The molecule has 0 aliphatic carbocycles. The maximum Gasteiger partial charge on any atom is 0.307 e. The predicted octanol–water partition coefficient (Wildman–Crippen LogP) is 1.99. The molecule has 2 saturated heterocycles. The quantitative estimate of drug-likeness (QED) is 0.719. The summed E-state index contributed by atoms with van der Waals surface area (Å²) >= 11 is 0. The van der Waals surface area contributed by atoms with Crippen molar-refractivity contribution in [3.05, 3.63) is 35.4 Å². The van der Waals surface area contributed by atoms with Gasteiger partial charge < -0.3 is 15.0 Å². The summed E-state index contributed by atoms with van der Waals surface area (Å²) in [6.07, 6.45) is 3.67. The first-order valence-corrected chi connectivity index (χ1v) is 10.8. The van der Waals surface area contributed by atoms with Gasteiger partial charge in [0.2, 0.25) is 5.91 Å². The molecule has 1 aromatic carbocycles. The van der Waals surface area contributed by atoms with Gasteiger partial charge in [0.1, 0.15) is 0 Å². The Labute approximate surface area is 178 Å². The summed E-state index contributed by atoms with van der Waals surface area (Å²) in [7, 11) is 3.42. The molecule has 2 aliphatic rings. The number of nitrogens with zero attached hydrogens (tertiary/aromatic N) is 2. The van der Waals surface area contributed by atoms with E-state index in [1.165, 1.54) is 7.11 Å². The van der Waals surface area contributed by atoms with Crippen LogP contribution in [0.4, 0.5) is 0 Å². The van der Waals surface area contributed by atoms with Crippen LogP contribution in [0, 0.1) is 12.8 Å². The molecule has 2 fully saturated rings. The highest BCUT2D eigenvalue weighted by molar-refractivity contribution is 5.94. The van der Waals surface area contributed by atoms with Crippen molar-refractivity contribution in [2.75, 3.05) is 33.8 Å². The number of piperidine rings is 1. The van der Waals surface area contributed by atoms with Gasteiger partial charge in [0.15, 0.2) is 0 Å². The Morgan fingerprint density at radius 1 is 1.03 bits per heavy atom. The van der Waals surface area contributed by atoms with Crippen LogP contribution in [0.3, 0.4) is 0 Å². The van der Waals surface area contributed by atoms with E-state index >= 15 is 0 Å². The van der Waals surface area contributed by atoms with Gasteiger partial charge >= 0.3 is 5.97 Å². The first kappa shape index (κ1) is 22.3. The molecule has 0 aromatic heterocycles. The fourth-order valence-corrected chi connectivity index (χ4v) is 4.44. The van der Waals surface area contributed by atoms with Crippen molar-refractivity contribution in [2.45, 2.75) is 51.1 Å². The number of methoxy groups -OCH3 is 1. The fourth-order valence-electron chi connectivity index (χ4n) is 4.44. The Morgan fingerprint density at radius 2 is 1.67 bits per heavy atom. The lowest BCUT2D eigenvalue weighted by Gasteiger charge is -2.32. The minimum atomic E-state index is -0.191. The Hall–Kier alpha value is -2.41. The first-order chi connectivity index (χ1) is 14.4. The molecule has 2 heterocycles. The largest absolute Gasteiger partial charge is 0.469 e. The van der Waals surface area contributed by atoms with Crippen molar-refractivity contribution in [2.24, 2.45) is 5.92 Å². The van der Waals surface area contributed by atoms with Gasteiger partial charge in [-0.3, -0.25) is 19.3 Å². The van der Waals surface area contributed by atoms with E-state index < -0.39 is 0 Å². The molecular weight excluding hydrogens is 382 g/mol. The molecule has 30 heavy (non-hydrogen) atoms. The number of benzene rings is 1. The molecule has 0 spiro atoms. The van der Waals surface area contributed by atoms with E-state index in [1.54, 1.807) is 0 Å². The summed E-state index contributed by atoms with van der Waals surface area (Å²) in [6.45, 7) is 3.81. The lowest BCUT2D eigenvalue weighted by Crippen LogP contribution is -2.46. The van der Waals surface area contributed by atoms with E-state index in [0.29, 0.717) is 44.5 Å². The smallest absolute Gasteiger partial charge is 0.307 e. The van der Waals surface area contributed by atoms with Crippen molar-refractivity contribution >= 4 is 17.8 Å². The van der Waals surface area contributed by atoms with Crippen LogP contribution in [-0.2, 0) is 14.3 Å². The van der Waals surface area contributed by atoms with E-state index in [4.69, 9.17) is 4.74 Å². The third-order valence-corrected chi connectivity index (χ3v) is 6.58. The van der Waals surface area contributed by atoms with E-state index in [2.05, 4.69) is 10.2 Å². The van der Waals surface area contributed by atoms with Crippen LogP contribution >= 0.6 is 0 Å². The molecule has 0 bridgehead atoms. The fraction of sp³-hybridized carbons (Fsp3) is 0.609. The summed E-state index contributed by atoms with van der Waals surface area (Å²) in [5, 5.41) is 3.09. The molecule has 0 saturated carbocycles. The highest BCUT2D eigenvalue weighted by Gasteiger charge is 2.33. The van der Waals surface area contributed by atoms with Crippen LogP contribution in [0.2, 0.25) is 0 Å². The van der Waals surface area contributed by atoms with Gasteiger partial charge in [-0.15, -0.1) is 0 Å². The van der Waals surface area contributed by atoms with Gasteiger partial charge in [-0.25, -0.2) is 0 Å². The molecule has 1 aromatic rings. The van der Waals surface area contributed by atoms with Gasteiger partial charge in [-0.1, -0.05) is 17.7 Å². The third kappa shape index (κ3) is 5.39. The van der Waals surface area contributed by atoms with Crippen molar-refractivity contribution < 1.29 is 19.1 Å². The zero-order valence-electron chi connectivity index (χ0n) is 18.2. The van der Waals surface area contributed by atoms with E-state index in [9.17, 15) is 14.4 Å². The van der Waals surface area contributed by atoms with Crippen molar-refractivity contribution in [3.8, 4) is 0 Å². The Kier molecular flexibility index (Phi) is 7.48. The summed E-state index contributed by atoms with van der Waals surface area (Å²) < 4.78 is 4.77. The summed E-state index contributed by atoms with van der Waals surface area (Å²) in [4.78, 5) is 40.8. The maximum atomic E-state index is 12.6. The Balaban J connectivity index is 1.42. The van der Waals surface area contributed by atoms with Crippen molar-refractivity contribution in [1.29, 1.82) is 0 Å². The molecule has 3 rings (SSSR count). The number of hydrogen-bond acceptors (Lipinski definition) is 5. The number of esters is 1. The molecule has 164 valence electrons. The van der Waals surface area contributed by atoms with Gasteiger partial charge in [0.25, 0.3) is 5.91 Å². The molecule has 7 nitrogen and oxygen atoms in total. The number of nitrogens with one attached hydrogen (secondary N) is 1. The number of carbonyl (C=O) groups excluding carboxylic acids is 3. The highest BCUT2D eigenvalue weighted by Crippen LogP contribution is 2.25. The van der Waals surface area contributed by atoms with Gasteiger partial charge in [0.05, 0.1) is 13.5 Å². The first-order valence-electron chi connectivity index (χ1n) is 10.8. The lowest BCUT2D eigenvalue weighted by atomic mass is 9.95. The number of carbonyl (C=O) groups is 3. The zero-order chi connectivity index (χ0) is 21.7. The Bertz CT molecular complexity index is 756. The average Bonchev–Trinajstić information content (AvgIpc) is 3.11. The van der Waals surface area contributed by atoms with Crippen molar-refractivity contribution in [1.82, 2.24) is 15.1 Å². The lowest BCUT2D eigenvalue weighted by molar-refractivity contribution is -0.141. The predicted molar refractivity (Wildman–Crippen MR) is 114 cm³/mol. The minimum absolute atomic E-state index is 0.0399. The summed E-state index contributed by atoms with van der Waals surface area (Å²) in [5.41, 5.74) is 1.83.